The van der Waals surface area contributed by atoms with Gasteiger partial charge in [-0.25, -0.2) is 4.98 Å². The third-order valence-electron chi connectivity index (χ3n) is 4.46. The Labute approximate surface area is 164 Å². The van der Waals surface area contributed by atoms with E-state index in [1.165, 1.54) is 28.6 Å². The number of hydrogen-bond donors (Lipinski definition) is 1. The second-order valence-electron chi connectivity index (χ2n) is 5.99. The number of aromatic nitrogens is 2. The van der Waals surface area contributed by atoms with Gasteiger partial charge < -0.3 is 9.84 Å². The van der Waals surface area contributed by atoms with Gasteiger partial charge in [0.15, 0.2) is 5.13 Å². The summed E-state index contributed by atoms with van der Waals surface area (Å²) in [4.78, 5) is 35.1. The number of carbonyl (C=O) groups excluding carboxylic acids is 2. The molecule has 28 heavy (non-hydrogen) atoms. The van der Waals surface area contributed by atoms with Crippen molar-refractivity contribution < 1.29 is 19.4 Å². The lowest BCUT2D eigenvalue weighted by atomic mass is 9.95. The molecule has 4 rings (SSSR count). The quantitative estimate of drug-likeness (QED) is 0.416. The minimum atomic E-state index is -0.801. The molecule has 1 aliphatic rings. The Morgan fingerprint density at radius 3 is 2.43 bits per heavy atom. The number of methoxy groups -OCH3 is 1. The number of pyridine rings is 1. The van der Waals surface area contributed by atoms with Crippen LogP contribution in [0.5, 0.6) is 5.75 Å². The SMILES string of the molecule is COc1ccc(C2C(=C(O)c3ccncc3)C(=O)C(=O)N2c2nccs2)cc1. The van der Waals surface area contributed by atoms with E-state index in [4.69, 9.17) is 4.74 Å². The van der Waals surface area contributed by atoms with Crippen molar-refractivity contribution in [1.29, 1.82) is 0 Å². The second-order valence-corrected chi connectivity index (χ2v) is 6.87. The first-order chi connectivity index (χ1) is 13.6. The molecule has 0 spiro atoms. The molecule has 7 nitrogen and oxygen atoms in total. The van der Waals surface area contributed by atoms with Gasteiger partial charge in [0.25, 0.3) is 5.78 Å². The molecule has 3 aromatic rings. The Balaban J connectivity index is 1.92. The largest absolute Gasteiger partial charge is 0.507 e. The number of amides is 1. The van der Waals surface area contributed by atoms with Crippen molar-refractivity contribution in [2.45, 2.75) is 6.04 Å². The lowest BCUT2D eigenvalue weighted by Gasteiger charge is -2.23. The maximum absolute atomic E-state index is 12.9. The van der Waals surface area contributed by atoms with Crippen LogP contribution in [0.25, 0.3) is 5.76 Å². The highest BCUT2D eigenvalue weighted by Gasteiger charge is 2.47. The Hall–Kier alpha value is -3.52. The van der Waals surface area contributed by atoms with Crippen LogP contribution in [0.1, 0.15) is 17.2 Å². The molecular weight excluding hydrogens is 378 g/mol. The van der Waals surface area contributed by atoms with E-state index in [-0.39, 0.29) is 11.3 Å². The zero-order valence-corrected chi connectivity index (χ0v) is 15.6. The Bertz CT molecular complexity index is 1050. The average Bonchev–Trinajstić information content (AvgIpc) is 3.35. The van der Waals surface area contributed by atoms with Crippen molar-refractivity contribution >= 4 is 33.9 Å². The highest BCUT2D eigenvalue weighted by molar-refractivity contribution is 7.14. The molecule has 1 saturated heterocycles. The zero-order chi connectivity index (χ0) is 19.7. The van der Waals surface area contributed by atoms with Gasteiger partial charge in [0, 0.05) is 29.5 Å². The average molecular weight is 393 g/mol. The van der Waals surface area contributed by atoms with Crippen molar-refractivity contribution in [3.8, 4) is 5.75 Å². The minimum absolute atomic E-state index is 0.0107. The summed E-state index contributed by atoms with van der Waals surface area (Å²) < 4.78 is 5.19. The Morgan fingerprint density at radius 1 is 1.11 bits per heavy atom. The van der Waals surface area contributed by atoms with Gasteiger partial charge in [0.05, 0.1) is 18.7 Å². The number of hydrogen-bond acceptors (Lipinski definition) is 7. The smallest absolute Gasteiger partial charge is 0.301 e. The second kappa shape index (κ2) is 7.24. The summed E-state index contributed by atoms with van der Waals surface area (Å²) in [7, 11) is 1.56. The van der Waals surface area contributed by atoms with Crippen LogP contribution in [0.4, 0.5) is 5.13 Å². The highest BCUT2D eigenvalue weighted by Crippen LogP contribution is 2.42. The summed E-state index contributed by atoms with van der Waals surface area (Å²) in [6.07, 6.45) is 4.58. The molecule has 3 heterocycles. The Morgan fingerprint density at radius 2 is 1.82 bits per heavy atom. The number of aliphatic hydroxyl groups excluding tert-OH is 1. The summed E-state index contributed by atoms with van der Waals surface area (Å²) in [6, 6.07) is 9.36. The fourth-order valence-corrected chi connectivity index (χ4v) is 3.80. The van der Waals surface area contributed by atoms with Gasteiger partial charge in [-0.1, -0.05) is 12.1 Å². The van der Waals surface area contributed by atoms with Gasteiger partial charge in [-0.15, -0.1) is 11.3 Å². The normalized spacial score (nSPS) is 18.5. The van der Waals surface area contributed by atoms with E-state index in [1.54, 1.807) is 55.1 Å². The molecule has 0 radical (unpaired) electrons. The fourth-order valence-electron chi connectivity index (χ4n) is 3.13. The number of aliphatic hydroxyl groups is 1. The predicted octanol–water partition coefficient (Wildman–Crippen LogP) is 3.17. The first-order valence-electron chi connectivity index (χ1n) is 8.36. The molecule has 0 aliphatic carbocycles. The van der Waals surface area contributed by atoms with Crippen molar-refractivity contribution in [1.82, 2.24) is 9.97 Å². The molecule has 1 amide bonds. The summed E-state index contributed by atoms with van der Waals surface area (Å²) in [5.74, 6) is -1.10. The lowest BCUT2D eigenvalue weighted by molar-refractivity contribution is -0.132. The van der Waals surface area contributed by atoms with Gasteiger partial charge >= 0.3 is 5.91 Å². The van der Waals surface area contributed by atoms with Crippen molar-refractivity contribution in [3.05, 3.63) is 77.1 Å². The van der Waals surface area contributed by atoms with Crippen molar-refractivity contribution in [2.24, 2.45) is 0 Å². The number of ether oxygens (including phenoxy) is 1. The minimum Gasteiger partial charge on any atom is -0.507 e. The van der Waals surface area contributed by atoms with Gasteiger partial charge in [-0.05, 0) is 29.8 Å². The number of ketones is 1. The third kappa shape index (κ3) is 2.93. The molecular formula is C20H15N3O4S. The number of anilines is 1. The fraction of sp³-hybridized carbons (Fsp3) is 0.100. The lowest BCUT2D eigenvalue weighted by Crippen LogP contribution is -2.29. The number of Topliss-reactive ketones (excluding diaryl/α,β-unsaturated/α-hetero) is 1. The van der Waals surface area contributed by atoms with Crippen LogP contribution >= 0.6 is 11.3 Å². The zero-order valence-electron chi connectivity index (χ0n) is 14.8. The summed E-state index contributed by atoms with van der Waals surface area (Å²) in [5.41, 5.74) is 1.08. The van der Waals surface area contributed by atoms with E-state index in [1.807, 2.05) is 0 Å². The van der Waals surface area contributed by atoms with Gasteiger partial charge in [-0.3, -0.25) is 19.5 Å². The maximum Gasteiger partial charge on any atom is 0.301 e. The molecule has 140 valence electrons. The third-order valence-corrected chi connectivity index (χ3v) is 5.23. The van der Waals surface area contributed by atoms with E-state index in [0.717, 1.165) is 0 Å². The standard InChI is InChI=1S/C20H15N3O4S/c1-27-14-4-2-12(3-5-14)16-15(17(24)13-6-8-21-9-7-13)18(25)19(26)23(16)20-22-10-11-28-20/h2-11,16,24H,1H3. The number of benzene rings is 1. The van der Waals surface area contributed by atoms with Gasteiger partial charge in [-0.2, -0.15) is 0 Å². The molecule has 1 aliphatic heterocycles. The Kier molecular flexibility index (Phi) is 4.62. The van der Waals surface area contributed by atoms with Crippen LogP contribution in [-0.4, -0.2) is 33.9 Å². The summed E-state index contributed by atoms with van der Waals surface area (Å²) in [6.45, 7) is 0. The number of carbonyl (C=O) groups is 2. The molecule has 0 bridgehead atoms. The van der Waals surface area contributed by atoms with Crippen molar-refractivity contribution in [3.63, 3.8) is 0 Å². The van der Waals surface area contributed by atoms with Crippen LogP contribution in [0, 0.1) is 0 Å². The molecule has 1 atom stereocenters. The van der Waals surface area contributed by atoms with Crippen LogP contribution in [0.15, 0.2) is 65.9 Å². The summed E-state index contributed by atoms with van der Waals surface area (Å²) >= 11 is 1.24. The van der Waals surface area contributed by atoms with E-state index in [0.29, 0.717) is 22.0 Å². The van der Waals surface area contributed by atoms with E-state index < -0.39 is 17.7 Å². The number of rotatable bonds is 4. The topological polar surface area (TPSA) is 92.6 Å². The van der Waals surface area contributed by atoms with E-state index in [9.17, 15) is 14.7 Å². The first kappa shape index (κ1) is 17.9. The monoisotopic (exact) mass is 393 g/mol. The molecule has 1 aromatic carbocycles. The molecule has 1 N–H and O–H groups in total. The maximum atomic E-state index is 12.9. The summed E-state index contributed by atoms with van der Waals surface area (Å²) in [5, 5.41) is 13.0. The molecule has 8 heteroatoms. The molecule has 0 saturated carbocycles. The van der Waals surface area contributed by atoms with E-state index >= 15 is 0 Å². The van der Waals surface area contributed by atoms with Crippen LogP contribution in [-0.2, 0) is 9.59 Å². The van der Waals surface area contributed by atoms with Crippen LogP contribution < -0.4 is 9.64 Å². The number of thiazole rings is 1. The molecule has 2 aromatic heterocycles. The molecule has 1 fully saturated rings. The van der Waals surface area contributed by atoms with Gasteiger partial charge in [0.2, 0.25) is 0 Å². The van der Waals surface area contributed by atoms with Crippen molar-refractivity contribution in [2.75, 3.05) is 12.0 Å². The van der Waals surface area contributed by atoms with Crippen LogP contribution in [0.3, 0.4) is 0 Å². The van der Waals surface area contributed by atoms with Crippen LogP contribution in [0.2, 0.25) is 0 Å². The predicted molar refractivity (Wildman–Crippen MR) is 104 cm³/mol. The van der Waals surface area contributed by atoms with E-state index in [2.05, 4.69) is 9.97 Å². The number of nitrogens with zero attached hydrogens (tertiary/aromatic N) is 3. The van der Waals surface area contributed by atoms with Gasteiger partial charge in [0.1, 0.15) is 11.5 Å². The molecule has 1 unspecified atom stereocenters. The first-order valence-corrected chi connectivity index (χ1v) is 9.24. The highest BCUT2D eigenvalue weighted by atomic mass is 32.1.